The van der Waals surface area contributed by atoms with Crippen LogP contribution in [0.3, 0.4) is 0 Å². The fourth-order valence-corrected chi connectivity index (χ4v) is 5.86. The van der Waals surface area contributed by atoms with Crippen molar-refractivity contribution in [2.24, 2.45) is 0 Å². The largest absolute Gasteiger partial charge is 0.481 e. The van der Waals surface area contributed by atoms with E-state index in [1.807, 2.05) is 24.3 Å². The lowest BCUT2D eigenvalue weighted by Crippen LogP contribution is -2.50. The number of likely N-dealkylation sites (N-methyl/N-ethyl adjacent to an activating group) is 1. The van der Waals surface area contributed by atoms with Crippen LogP contribution in [-0.2, 0) is 26.0 Å². The number of sulfonamides is 1. The number of carbonyl (C=O) groups excluding carboxylic acids is 1. The summed E-state index contributed by atoms with van der Waals surface area (Å²) in [5.41, 5.74) is 1.40. The van der Waals surface area contributed by atoms with E-state index in [9.17, 15) is 13.2 Å². The lowest BCUT2D eigenvalue weighted by atomic mass is 10.0. The molecule has 1 aliphatic rings. The molecule has 3 aromatic rings. The van der Waals surface area contributed by atoms with Crippen molar-refractivity contribution in [3.8, 4) is 0 Å². The monoisotopic (exact) mass is 493 g/mol. The molecular weight excluding hydrogens is 462 g/mol. The quantitative estimate of drug-likeness (QED) is 0.364. The highest BCUT2D eigenvalue weighted by atomic mass is 32.2. The first-order valence-corrected chi connectivity index (χ1v) is 13.3. The maximum atomic E-state index is 13.5. The summed E-state index contributed by atoms with van der Waals surface area (Å²) in [5, 5.41) is 9.57. The van der Waals surface area contributed by atoms with Crippen molar-refractivity contribution in [1.82, 2.24) is 9.62 Å². The molecule has 1 atom stereocenters. The van der Waals surface area contributed by atoms with Crippen LogP contribution < -0.4 is 4.72 Å². The second-order valence-corrected chi connectivity index (χ2v) is 10.7. The van der Waals surface area contributed by atoms with Gasteiger partial charge in [-0.05, 0) is 59.9 Å². The van der Waals surface area contributed by atoms with Crippen LogP contribution in [0, 0.1) is 5.41 Å². The van der Waals surface area contributed by atoms with Gasteiger partial charge in [0, 0.05) is 18.7 Å². The highest BCUT2D eigenvalue weighted by Gasteiger charge is 2.32. The van der Waals surface area contributed by atoms with Crippen molar-refractivity contribution in [3.63, 3.8) is 0 Å². The third kappa shape index (κ3) is 5.71. The van der Waals surface area contributed by atoms with E-state index in [-0.39, 0.29) is 29.2 Å². The zero-order valence-corrected chi connectivity index (χ0v) is 20.8. The van der Waals surface area contributed by atoms with Gasteiger partial charge in [-0.25, -0.2) is 8.42 Å². The summed E-state index contributed by atoms with van der Waals surface area (Å²) in [7, 11) is -0.752. The van der Waals surface area contributed by atoms with E-state index in [4.69, 9.17) is 10.1 Å². The van der Waals surface area contributed by atoms with Crippen molar-refractivity contribution < 1.29 is 17.9 Å². The molecule has 35 heavy (non-hydrogen) atoms. The molecule has 8 heteroatoms. The van der Waals surface area contributed by atoms with E-state index in [0.29, 0.717) is 5.56 Å². The molecule has 1 saturated carbocycles. The Labute approximate surface area is 206 Å². The van der Waals surface area contributed by atoms with E-state index in [1.54, 1.807) is 54.4 Å². The zero-order valence-electron chi connectivity index (χ0n) is 20.0. The van der Waals surface area contributed by atoms with Gasteiger partial charge in [0.15, 0.2) is 0 Å². The molecule has 0 aromatic heterocycles. The lowest BCUT2D eigenvalue weighted by molar-refractivity contribution is -0.133. The van der Waals surface area contributed by atoms with Gasteiger partial charge in [0.2, 0.25) is 21.8 Å². The number of hydrogen-bond donors (Lipinski definition) is 2. The number of nitrogens with one attached hydrogen (secondary N) is 2. The Hall–Kier alpha value is -3.23. The SMILES string of the molecule is COC(=N)c1ccc(C[C@H](NS(=O)(=O)c2ccc3ccccc3c2)C(=O)N(C)C2CCCC2)cc1. The molecule has 1 fully saturated rings. The summed E-state index contributed by atoms with van der Waals surface area (Å²) < 4.78 is 34.4. The molecule has 1 amide bonds. The predicted octanol–water partition coefficient (Wildman–Crippen LogP) is 4.10. The van der Waals surface area contributed by atoms with Crippen LogP contribution in [0.25, 0.3) is 10.8 Å². The Bertz CT molecular complexity index is 1320. The maximum absolute atomic E-state index is 13.5. The van der Waals surface area contributed by atoms with Crippen LogP contribution in [0.2, 0.25) is 0 Å². The topological polar surface area (TPSA) is 99.6 Å². The molecule has 0 spiro atoms. The van der Waals surface area contributed by atoms with Gasteiger partial charge in [0.05, 0.1) is 12.0 Å². The molecule has 0 bridgehead atoms. The fourth-order valence-electron chi connectivity index (χ4n) is 4.63. The number of amides is 1. The highest BCUT2D eigenvalue weighted by molar-refractivity contribution is 7.89. The second-order valence-electron chi connectivity index (χ2n) is 9.00. The third-order valence-corrected chi connectivity index (χ3v) is 8.18. The summed E-state index contributed by atoms with van der Waals surface area (Å²) in [4.78, 5) is 15.4. The van der Waals surface area contributed by atoms with Crippen molar-refractivity contribution in [2.45, 2.75) is 49.1 Å². The first kappa shape index (κ1) is 24.9. The number of benzene rings is 3. The summed E-state index contributed by atoms with van der Waals surface area (Å²) in [6.45, 7) is 0. The van der Waals surface area contributed by atoms with Gasteiger partial charge in [-0.2, -0.15) is 4.72 Å². The van der Waals surface area contributed by atoms with E-state index in [0.717, 1.165) is 42.0 Å². The Balaban J connectivity index is 1.61. The fraction of sp³-hybridized carbons (Fsp3) is 0.333. The number of methoxy groups -OCH3 is 1. The highest BCUT2D eigenvalue weighted by Crippen LogP contribution is 2.24. The van der Waals surface area contributed by atoms with Crippen LogP contribution in [-0.4, -0.2) is 51.4 Å². The van der Waals surface area contributed by atoms with Gasteiger partial charge >= 0.3 is 0 Å². The van der Waals surface area contributed by atoms with E-state index >= 15 is 0 Å². The Morgan fingerprint density at radius 3 is 2.37 bits per heavy atom. The Kier molecular flexibility index (Phi) is 7.52. The van der Waals surface area contributed by atoms with E-state index in [2.05, 4.69) is 4.72 Å². The molecule has 0 saturated heterocycles. The van der Waals surface area contributed by atoms with Crippen LogP contribution in [0.1, 0.15) is 36.8 Å². The average Bonchev–Trinajstić information content (AvgIpc) is 3.42. The number of nitrogens with zero attached hydrogens (tertiary/aromatic N) is 1. The summed E-state index contributed by atoms with van der Waals surface area (Å²) in [6.07, 6.45) is 4.20. The number of hydrogen-bond acceptors (Lipinski definition) is 5. The molecule has 3 aromatic carbocycles. The average molecular weight is 494 g/mol. The summed E-state index contributed by atoms with van der Waals surface area (Å²) in [6, 6.07) is 18.8. The van der Waals surface area contributed by atoms with E-state index < -0.39 is 16.1 Å². The molecule has 0 heterocycles. The van der Waals surface area contributed by atoms with Crippen molar-refractivity contribution in [2.75, 3.05) is 14.2 Å². The first-order chi connectivity index (χ1) is 16.8. The van der Waals surface area contributed by atoms with Crippen molar-refractivity contribution in [3.05, 3.63) is 77.9 Å². The van der Waals surface area contributed by atoms with Gasteiger partial charge in [-0.1, -0.05) is 55.3 Å². The summed E-state index contributed by atoms with van der Waals surface area (Å²) in [5.74, 6) is -0.197. The zero-order chi connectivity index (χ0) is 25.0. The number of rotatable bonds is 8. The van der Waals surface area contributed by atoms with Gasteiger partial charge in [0.1, 0.15) is 6.04 Å². The number of ether oxygens (including phenoxy) is 1. The molecule has 184 valence electrons. The molecule has 0 unspecified atom stereocenters. The minimum Gasteiger partial charge on any atom is -0.481 e. The maximum Gasteiger partial charge on any atom is 0.241 e. The van der Waals surface area contributed by atoms with Crippen LogP contribution >= 0.6 is 0 Å². The number of carbonyl (C=O) groups is 1. The van der Waals surface area contributed by atoms with Gasteiger partial charge < -0.3 is 9.64 Å². The second kappa shape index (κ2) is 10.6. The molecule has 7 nitrogen and oxygen atoms in total. The van der Waals surface area contributed by atoms with Crippen LogP contribution in [0.15, 0.2) is 71.6 Å². The molecule has 4 rings (SSSR count). The molecule has 1 aliphatic carbocycles. The summed E-state index contributed by atoms with van der Waals surface area (Å²) >= 11 is 0. The Morgan fingerprint density at radius 2 is 1.71 bits per heavy atom. The molecule has 2 N–H and O–H groups in total. The third-order valence-electron chi connectivity index (χ3n) is 6.71. The Morgan fingerprint density at radius 1 is 1.06 bits per heavy atom. The standard InChI is InChI=1S/C27H31N3O4S/c1-30(23-9-5-6-10-23)27(31)25(17-19-11-13-21(14-12-19)26(28)34-2)29-35(32,33)24-16-15-20-7-3-4-8-22(20)18-24/h3-4,7-8,11-16,18,23,25,28-29H,5-6,9-10,17H2,1-2H3/t25-/m0/s1. The van der Waals surface area contributed by atoms with Crippen molar-refractivity contribution >= 4 is 32.6 Å². The lowest BCUT2D eigenvalue weighted by Gasteiger charge is -2.29. The van der Waals surface area contributed by atoms with Gasteiger partial charge in [-0.15, -0.1) is 0 Å². The van der Waals surface area contributed by atoms with Gasteiger partial charge in [-0.3, -0.25) is 10.2 Å². The van der Waals surface area contributed by atoms with Crippen LogP contribution in [0.5, 0.6) is 0 Å². The van der Waals surface area contributed by atoms with Gasteiger partial charge in [0.25, 0.3) is 0 Å². The molecule has 0 aliphatic heterocycles. The van der Waals surface area contributed by atoms with Crippen LogP contribution in [0.4, 0.5) is 0 Å². The minimum atomic E-state index is -3.95. The minimum absolute atomic E-state index is 0.0437. The predicted molar refractivity (Wildman–Crippen MR) is 137 cm³/mol. The number of fused-ring (bicyclic) bond motifs is 1. The normalized spacial score (nSPS) is 15.1. The van der Waals surface area contributed by atoms with E-state index in [1.165, 1.54) is 7.11 Å². The van der Waals surface area contributed by atoms with Crippen molar-refractivity contribution in [1.29, 1.82) is 5.41 Å². The smallest absolute Gasteiger partial charge is 0.241 e. The first-order valence-electron chi connectivity index (χ1n) is 11.8. The molecule has 0 radical (unpaired) electrons. The molecular formula is C27H31N3O4S.